The van der Waals surface area contributed by atoms with E-state index in [1.54, 1.807) is 19.1 Å². The SMILES string of the molecule is COCCNC(=O)C1CCCC(NCc2ccc(OC)cc2)CN(C)C(=O)C1. The number of hydrogen-bond donors (Lipinski definition) is 2. The van der Waals surface area contributed by atoms with Crippen LogP contribution in [0.5, 0.6) is 5.75 Å². The van der Waals surface area contributed by atoms with Crippen molar-refractivity contribution in [3.63, 3.8) is 0 Å². The summed E-state index contributed by atoms with van der Waals surface area (Å²) in [6.45, 7) is 2.33. The average Bonchev–Trinajstić information content (AvgIpc) is 2.77. The molecule has 0 bridgehead atoms. The van der Waals surface area contributed by atoms with Gasteiger partial charge >= 0.3 is 0 Å². The molecule has 28 heavy (non-hydrogen) atoms. The van der Waals surface area contributed by atoms with E-state index in [9.17, 15) is 9.59 Å². The number of nitrogens with zero attached hydrogens (tertiary/aromatic N) is 1. The lowest BCUT2D eigenvalue weighted by molar-refractivity contribution is -0.135. The summed E-state index contributed by atoms with van der Waals surface area (Å²) in [6.07, 6.45) is 2.82. The summed E-state index contributed by atoms with van der Waals surface area (Å²) < 4.78 is 10.2. The molecule has 0 aliphatic carbocycles. The molecule has 156 valence electrons. The molecule has 1 aromatic carbocycles. The number of methoxy groups -OCH3 is 2. The molecule has 0 saturated carbocycles. The fourth-order valence-electron chi connectivity index (χ4n) is 3.42. The van der Waals surface area contributed by atoms with Gasteiger partial charge in [-0.2, -0.15) is 0 Å². The van der Waals surface area contributed by atoms with Gasteiger partial charge in [0.25, 0.3) is 0 Å². The van der Waals surface area contributed by atoms with E-state index in [2.05, 4.69) is 10.6 Å². The van der Waals surface area contributed by atoms with E-state index in [0.717, 1.165) is 31.6 Å². The summed E-state index contributed by atoms with van der Waals surface area (Å²) in [5, 5.41) is 6.42. The van der Waals surface area contributed by atoms with Gasteiger partial charge in [0.1, 0.15) is 5.75 Å². The maximum Gasteiger partial charge on any atom is 0.223 e. The molecule has 0 radical (unpaired) electrons. The molecule has 2 amide bonds. The normalized spacial score (nSPS) is 20.8. The van der Waals surface area contributed by atoms with Crippen molar-refractivity contribution in [3.8, 4) is 5.75 Å². The van der Waals surface area contributed by atoms with E-state index >= 15 is 0 Å². The van der Waals surface area contributed by atoms with Gasteiger partial charge < -0.3 is 25.0 Å². The minimum absolute atomic E-state index is 0.0186. The van der Waals surface area contributed by atoms with Crippen LogP contribution in [0.1, 0.15) is 31.2 Å². The first-order chi connectivity index (χ1) is 13.5. The number of carbonyl (C=O) groups is 2. The van der Waals surface area contributed by atoms with Gasteiger partial charge in [0, 0.05) is 52.2 Å². The molecular formula is C21H33N3O4. The highest BCUT2D eigenvalue weighted by Gasteiger charge is 2.26. The summed E-state index contributed by atoms with van der Waals surface area (Å²) in [6, 6.07) is 8.17. The van der Waals surface area contributed by atoms with Crippen LogP contribution in [0.25, 0.3) is 0 Å². The average molecular weight is 392 g/mol. The van der Waals surface area contributed by atoms with Crippen molar-refractivity contribution >= 4 is 11.8 Å². The quantitative estimate of drug-likeness (QED) is 0.658. The number of nitrogens with one attached hydrogen (secondary N) is 2. The maximum atomic E-state index is 12.5. The molecule has 2 unspecified atom stereocenters. The van der Waals surface area contributed by atoms with E-state index in [1.165, 1.54) is 5.56 Å². The van der Waals surface area contributed by atoms with Crippen molar-refractivity contribution in [1.82, 2.24) is 15.5 Å². The summed E-state index contributed by atoms with van der Waals surface area (Å²) in [5.41, 5.74) is 1.17. The predicted octanol–water partition coefficient (Wildman–Crippen LogP) is 1.56. The minimum atomic E-state index is -0.271. The third kappa shape index (κ3) is 7.13. The third-order valence-electron chi connectivity index (χ3n) is 5.18. The van der Waals surface area contributed by atoms with Gasteiger partial charge in [-0.25, -0.2) is 0 Å². The Labute approximate surface area is 167 Å². The van der Waals surface area contributed by atoms with Crippen molar-refractivity contribution in [2.45, 2.75) is 38.3 Å². The van der Waals surface area contributed by atoms with E-state index in [4.69, 9.17) is 9.47 Å². The van der Waals surface area contributed by atoms with Gasteiger partial charge in [-0.3, -0.25) is 9.59 Å². The summed E-state index contributed by atoms with van der Waals surface area (Å²) in [7, 11) is 5.07. The van der Waals surface area contributed by atoms with Crippen LogP contribution < -0.4 is 15.4 Å². The Hall–Kier alpha value is -2.12. The van der Waals surface area contributed by atoms with Crippen molar-refractivity contribution < 1.29 is 19.1 Å². The van der Waals surface area contributed by atoms with Crippen molar-refractivity contribution in [2.75, 3.05) is 41.0 Å². The Bertz CT molecular complexity index is 621. The standard InChI is InChI=1S/C21H33N3O4/c1-24-15-18(23-14-16-7-9-19(28-3)10-8-16)6-4-5-17(13-20(24)25)21(26)22-11-12-27-2/h7-10,17-18,23H,4-6,11-15H2,1-3H3,(H,22,26). The fraction of sp³-hybridized carbons (Fsp3) is 0.619. The van der Waals surface area contributed by atoms with Crippen LogP contribution in [-0.2, 0) is 20.9 Å². The van der Waals surface area contributed by atoms with Gasteiger partial charge in [0.2, 0.25) is 11.8 Å². The molecule has 2 atom stereocenters. The van der Waals surface area contributed by atoms with Crippen LogP contribution in [0, 0.1) is 5.92 Å². The highest BCUT2D eigenvalue weighted by atomic mass is 16.5. The third-order valence-corrected chi connectivity index (χ3v) is 5.18. The largest absolute Gasteiger partial charge is 0.497 e. The monoisotopic (exact) mass is 391 g/mol. The van der Waals surface area contributed by atoms with Gasteiger partial charge in [0.15, 0.2) is 0 Å². The van der Waals surface area contributed by atoms with E-state index in [0.29, 0.717) is 19.7 Å². The molecule has 0 spiro atoms. The fourth-order valence-corrected chi connectivity index (χ4v) is 3.42. The topological polar surface area (TPSA) is 79.9 Å². The van der Waals surface area contributed by atoms with Crippen LogP contribution in [0.15, 0.2) is 24.3 Å². The van der Waals surface area contributed by atoms with Crippen LogP contribution >= 0.6 is 0 Å². The lowest BCUT2D eigenvalue weighted by Crippen LogP contribution is -2.42. The first kappa shape index (κ1) is 22.2. The molecule has 1 saturated heterocycles. The molecule has 2 rings (SSSR count). The van der Waals surface area contributed by atoms with Crippen molar-refractivity contribution in [3.05, 3.63) is 29.8 Å². The van der Waals surface area contributed by atoms with Crippen molar-refractivity contribution in [2.24, 2.45) is 5.92 Å². The maximum absolute atomic E-state index is 12.5. The van der Waals surface area contributed by atoms with E-state index < -0.39 is 0 Å². The lowest BCUT2D eigenvalue weighted by Gasteiger charge is -2.24. The van der Waals surface area contributed by atoms with Crippen LogP contribution in [0.3, 0.4) is 0 Å². The van der Waals surface area contributed by atoms with E-state index in [-0.39, 0.29) is 30.2 Å². The van der Waals surface area contributed by atoms with Crippen LogP contribution in [-0.4, -0.2) is 63.7 Å². The Morgan fingerprint density at radius 2 is 1.96 bits per heavy atom. The number of amides is 2. The predicted molar refractivity (Wildman–Crippen MR) is 108 cm³/mol. The zero-order chi connectivity index (χ0) is 20.4. The number of ether oxygens (including phenoxy) is 2. The second-order valence-corrected chi connectivity index (χ2v) is 7.32. The molecule has 1 aliphatic rings. The molecule has 1 fully saturated rings. The van der Waals surface area contributed by atoms with Gasteiger partial charge in [-0.1, -0.05) is 18.6 Å². The number of likely N-dealkylation sites (N-methyl/N-ethyl adjacent to an activating group) is 1. The first-order valence-electron chi connectivity index (χ1n) is 9.90. The van der Waals surface area contributed by atoms with E-state index in [1.807, 2.05) is 31.3 Å². The van der Waals surface area contributed by atoms with Gasteiger partial charge in [0.05, 0.1) is 13.7 Å². The Morgan fingerprint density at radius 3 is 2.64 bits per heavy atom. The number of rotatable bonds is 8. The second kappa shape index (κ2) is 11.7. The lowest BCUT2D eigenvalue weighted by atomic mass is 9.96. The Kier molecular flexibility index (Phi) is 9.23. The molecule has 1 aromatic rings. The second-order valence-electron chi connectivity index (χ2n) is 7.32. The highest BCUT2D eigenvalue weighted by molar-refractivity contribution is 5.85. The smallest absolute Gasteiger partial charge is 0.223 e. The molecule has 1 heterocycles. The van der Waals surface area contributed by atoms with Gasteiger partial charge in [-0.15, -0.1) is 0 Å². The summed E-state index contributed by atoms with van der Waals surface area (Å²) in [5.74, 6) is 0.534. The number of carbonyl (C=O) groups excluding carboxylic acids is 2. The molecular weight excluding hydrogens is 358 g/mol. The minimum Gasteiger partial charge on any atom is -0.497 e. The highest BCUT2D eigenvalue weighted by Crippen LogP contribution is 2.19. The summed E-state index contributed by atoms with van der Waals surface area (Å²) in [4.78, 5) is 26.7. The number of hydrogen-bond acceptors (Lipinski definition) is 5. The zero-order valence-electron chi connectivity index (χ0n) is 17.2. The molecule has 1 aliphatic heterocycles. The zero-order valence-corrected chi connectivity index (χ0v) is 17.2. The molecule has 2 N–H and O–H groups in total. The van der Waals surface area contributed by atoms with Crippen LogP contribution in [0.2, 0.25) is 0 Å². The van der Waals surface area contributed by atoms with Crippen LogP contribution in [0.4, 0.5) is 0 Å². The van der Waals surface area contributed by atoms with Gasteiger partial charge in [-0.05, 0) is 30.5 Å². The Morgan fingerprint density at radius 1 is 1.21 bits per heavy atom. The van der Waals surface area contributed by atoms with Crippen molar-refractivity contribution in [1.29, 1.82) is 0 Å². The molecule has 7 nitrogen and oxygen atoms in total. The Balaban J connectivity index is 1.89. The summed E-state index contributed by atoms with van der Waals surface area (Å²) >= 11 is 0. The molecule has 7 heteroatoms. The number of benzene rings is 1. The first-order valence-corrected chi connectivity index (χ1v) is 9.90. The molecule has 0 aromatic heterocycles.